The van der Waals surface area contributed by atoms with Gasteiger partial charge in [-0.1, -0.05) is 12.1 Å². The summed E-state index contributed by atoms with van der Waals surface area (Å²) in [5.41, 5.74) is 11.5. The molecule has 1 atom stereocenters. The molecule has 0 spiro atoms. The summed E-state index contributed by atoms with van der Waals surface area (Å²) < 4.78 is 11.8. The van der Waals surface area contributed by atoms with Crippen molar-refractivity contribution < 1.29 is 10.9 Å². The maximum atomic E-state index is 10.7. The van der Waals surface area contributed by atoms with Crippen molar-refractivity contribution in [2.24, 2.45) is 11.5 Å². The summed E-state index contributed by atoms with van der Waals surface area (Å²) in [5, 5.41) is 0. The normalized spacial score (nSPS) is 13.1. The Balaban J connectivity index is 2.60. The molecule has 1 aromatic carbocycles. The summed E-state index contributed by atoms with van der Waals surface area (Å²) in [5.74, 6) is 0.114. The van der Waals surface area contributed by atoms with Crippen LogP contribution in [0.3, 0.4) is 0 Å². The number of nitrogens with two attached hydrogens (primary N) is 2. The molecule has 0 aromatic heterocycles. The first-order chi connectivity index (χ1) is 7.13. The van der Waals surface area contributed by atoms with Gasteiger partial charge in [0.15, 0.2) is 0 Å². The van der Waals surface area contributed by atoms with Gasteiger partial charge in [-0.15, -0.1) is 0 Å². The number of hydrogen-bond donors (Lipinski definition) is 2. The van der Waals surface area contributed by atoms with E-state index in [9.17, 15) is 4.79 Å². The first-order valence-electron chi connectivity index (χ1n) is 4.90. The second-order valence-electron chi connectivity index (χ2n) is 3.00. The quantitative estimate of drug-likeness (QED) is 0.712. The van der Waals surface area contributed by atoms with Crippen LogP contribution in [-0.4, -0.2) is 19.0 Å². The van der Waals surface area contributed by atoms with Crippen molar-refractivity contribution in [2.45, 2.75) is 12.5 Å². The molecule has 1 rings (SSSR count). The van der Waals surface area contributed by atoms with E-state index in [2.05, 4.69) is 0 Å². The Bertz CT molecular complexity index is 327. The molecule has 4 nitrogen and oxygen atoms in total. The second-order valence-corrected chi connectivity index (χ2v) is 3.00. The Labute approximate surface area is 84.3 Å². The average molecular weight is 195 g/mol. The molecule has 1 amide bonds. The molecule has 0 aliphatic rings. The van der Waals surface area contributed by atoms with Crippen LogP contribution in [0, 0.1) is 0 Å². The highest BCUT2D eigenvalue weighted by Crippen LogP contribution is 2.12. The fraction of sp³-hybridized carbons (Fsp3) is 0.300. The van der Waals surface area contributed by atoms with Gasteiger partial charge >= 0.3 is 0 Å². The molecular formula is C10H14N2O2. The average Bonchev–Trinajstić information content (AvgIpc) is 2.21. The van der Waals surface area contributed by atoms with Crippen molar-refractivity contribution in [1.29, 1.82) is 0 Å². The van der Waals surface area contributed by atoms with Gasteiger partial charge in [0.05, 0.1) is 14.5 Å². The Kier molecular flexibility index (Phi) is 2.98. The molecule has 0 radical (unpaired) electrons. The monoisotopic (exact) mass is 195 g/mol. The molecule has 0 saturated heterocycles. The molecule has 0 fully saturated rings. The maximum Gasteiger partial charge on any atom is 0.234 e. The van der Waals surface area contributed by atoms with E-state index in [0.717, 1.165) is 5.56 Å². The predicted molar refractivity (Wildman–Crippen MR) is 53.9 cm³/mol. The lowest BCUT2D eigenvalue weighted by Crippen LogP contribution is -2.38. The van der Waals surface area contributed by atoms with Gasteiger partial charge in [0, 0.05) is 0 Å². The number of primary amides is 1. The number of benzene rings is 1. The number of rotatable bonds is 4. The van der Waals surface area contributed by atoms with Crippen LogP contribution in [0.4, 0.5) is 0 Å². The fourth-order valence-electron chi connectivity index (χ4n) is 1.08. The molecule has 1 aromatic rings. The van der Waals surface area contributed by atoms with Crippen LogP contribution >= 0.6 is 0 Å². The van der Waals surface area contributed by atoms with E-state index in [1.165, 1.54) is 0 Å². The molecule has 0 aliphatic heterocycles. The van der Waals surface area contributed by atoms with Gasteiger partial charge in [0.25, 0.3) is 0 Å². The summed E-state index contributed by atoms with van der Waals surface area (Å²) >= 11 is 0. The molecule has 14 heavy (non-hydrogen) atoms. The summed E-state index contributed by atoms with van der Waals surface area (Å²) in [4.78, 5) is 10.7. The number of carbonyl (C=O) groups excluding carboxylic acids is 1. The smallest absolute Gasteiger partial charge is 0.234 e. The van der Waals surface area contributed by atoms with Gasteiger partial charge in [-0.3, -0.25) is 4.79 Å². The molecule has 0 saturated carbocycles. The zero-order valence-electron chi connectivity index (χ0n) is 8.77. The van der Waals surface area contributed by atoms with Gasteiger partial charge < -0.3 is 16.2 Å². The third-order valence-electron chi connectivity index (χ3n) is 1.91. The highest BCUT2D eigenvalue weighted by atomic mass is 16.5. The standard InChI is InChI=1S/C10H14N2O2/c1-14-8-4-2-7(3-5-8)6-9(11)10(12)13/h2-5,9H,6,11H2,1H3,(H2,12,13)/t9-/m0/s1/i1D. The Morgan fingerprint density at radius 3 is 2.71 bits per heavy atom. The molecule has 4 N–H and O–H groups in total. The summed E-state index contributed by atoms with van der Waals surface area (Å²) in [7, 11) is -0.111. The minimum absolute atomic E-state index is 0.111. The molecule has 0 heterocycles. The number of amides is 1. The van der Waals surface area contributed by atoms with E-state index in [1.807, 2.05) is 0 Å². The van der Waals surface area contributed by atoms with Crippen LogP contribution in [0.2, 0.25) is 0 Å². The SMILES string of the molecule is [2H]COc1ccc(C[C@H](N)C(N)=O)cc1. The first kappa shape index (κ1) is 9.02. The largest absolute Gasteiger partial charge is 0.497 e. The third-order valence-corrected chi connectivity index (χ3v) is 1.91. The maximum absolute atomic E-state index is 10.7. The van der Waals surface area contributed by atoms with Crippen molar-refractivity contribution in [3.8, 4) is 5.75 Å². The van der Waals surface area contributed by atoms with Gasteiger partial charge in [0.2, 0.25) is 5.91 Å². The lowest BCUT2D eigenvalue weighted by molar-refractivity contribution is -0.119. The van der Waals surface area contributed by atoms with E-state index in [4.69, 9.17) is 17.6 Å². The van der Waals surface area contributed by atoms with Crippen LogP contribution in [0.25, 0.3) is 0 Å². The lowest BCUT2D eigenvalue weighted by atomic mass is 10.1. The number of ether oxygens (including phenoxy) is 1. The first-order valence-corrected chi connectivity index (χ1v) is 4.19. The molecule has 76 valence electrons. The molecule has 0 bridgehead atoms. The highest BCUT2D eigenvalue weighted by Gasteiger charge is 2.09. The molecular weight excluding hydrogens is 180 g/mol. The van der Waals surface area contributed by atoms with Crippen molar-refractivity contribution in [3.05, 3.63) is 29.8 Å². The van der Waals surface area contributed by atoms with Gasteiger partial charge in [-0.25, -0.2) is 0 Å². The van der Waals surface area contributed by atoms with Crippen LogP contribution < -0.4 is 16.2 Å². The topological polar surface area (TPSA) is 78.3 Å². The zero-order chi connectivity index (χ0) is 11.3. The second kappa shape index (κ2) is 4.62. The van der Waals surface area contributed by atoms with Crippen LogP contribution in [0.5, 0.6) is 5.75 Å². The highest BCUT2D eigenvalue weighted by molar-refractivity contribution is 5.79. The van der Waals surface area contributed by atoms with E-state index in [1.54, 1.807) is 24.3 Å². The predicted octanol–water partition coefficient (Wildman–Crippen LogP) is 0.0503. The van der Waals surface area contributed by atoms with Gasteiger partial charge in [-0.2, -0.15) is 0 Å². The van der Waals surface area contributed by atoms with Crippen molar-refractivity contribution >= 4 is 5.91 Å². The summed E-state index contributed by atoms with van der Waals surface area (Å²) in [6.45, 7) is 0. The number of methoxy groups -OCH3 is 1. The van der Waals surface area contributed by atoms with Crippen LogP contribution in [0.1, 0.15) is 6.93 Å². The van der Waals surface area contributed by atoms with Crippen molar-refractivity contribution in [3.63, 3.8) is 0 Å². The van der Waals surface area contributed by atoms with E-state index in [-0.39, 0.29) is 7.09 Å². The minimum Gasteiger partial charge on any atom is -0.497 e. The number of hydrogen-bond acceptors (Lipinski definition) is 3. The van der Waals surface area contributed by atoms with Crippen molar-refractivity contribution in [2.75, 3.05) is 7.09 Å². The summed E-state index contributed by atoms with van der Waals surface area (Å²) in [6.07, 6.45) is 0.413. The third kappa shape index (κ3) is 2.74. The Hall–Kier alpha value is -1.55. The van der Waals surface area contributed by atoms with Gasteiger partial charge in [-0.05, 0) is 24.1 Å². The van der Waals surface area contributed by atoms with E-state index >= 15 is 0 Å². The fourth-order valence-corrected chi connectivity index (χ4v) is 1.08. The lowest BCUT2D eigenvalue weighted by Gasteiger charge is -2.07. The van der Waals surface area contributed by atoms with Crippen molar-refractivity contribution in [1.82, 2.24) is 0 Å². The molecule has 0 aliphatic carbocycles. The van der Waals surface area contributed by atoms with Crippen LogP contribution in [0.15, 0.2) is 24.3 Å². The Morgan fingerprint density at radius 1 is 1.57 bits per heavy atom. The van der Waals surface area contributed by atoms with Crippen LogP contribution in [-0.2, 0) is 11.2 Å². The molecule has 0 unspecified atom stereocenters. The zero-order valence-corrected chi connectivity index (χ0v) is 7.77. The molecule has 4 heteroatoms. The number of carbonyl (C=O) groups is 1. The minimum atomic E-state index is -0.659. The summed E-state index contributed by atoms with van der Waals surface area (Å²) in [6, 6.07) is 6.41. The van der Waals surface area contributed by atoms with Gasteiger partial charge in [0.1, 0.15) is 5.75 Å². The van der Waals surface area contributed by atoms with E-state index in [0.29, 0.717) is 12.2 Å². The Morgan fingerprint density at radius 2 is 2.21 bits per heavy atom. The van der Waals surface area contributed by atoms with E-state index < -0.39 is 11.9 Å².